The zero-order chi connectivity index (χ0) is 16.9. The van der Waals surface area contributed by atoms with E-state index in [4.69, 9.17) is 5.73 Å². The standard InChI is InChI=1S/C17H27N3O2.ClH/c1-6-11(2)16(18)17(22)20(5)10-15(21)19-14-9-7-8-12(3)13(14)4;/h7-9,11,16H,6,10,18H2,1-5H3,(H,19,21);1H. The third-order valence-electron chi connectivity index (χ3n) is 4.18. The number of benzene rings is 1. The van der Waals surface area contributed by atoms with Crippen LogP contribution in [0.5, 0.6) is 0 Å². The first-order chi connectivity index (χ1) is 10.3. The zero-order valence-electron chi connectivity index (χ0n) is 14.6. The third kappa shape index (κ3) is 5.84. The van der Waals surface area contributed by atoms with Crippen LogP contribution in [0.4, 0.5) is 5.69 Å². The maximum Gasteiger partial charge on any atom is 0.243 e. The van der Waals surface area contributed by atoms with E-state index >= 15 is 0 Å². The second kappa shape index (κ2) is 9.53. The molecule has 2 amide bonds. The minimum atomic E-state index is -0.566. The molecule has 23 heavy (non-hydrogen) atoms. The van der Waals surface area contributed by atoms with Crippen molar-refractivity contribution in [1.82, 2.24) is 4.90 Å². The van der Waals surface area contributed by atoms with Crippen molar-refractivity contribution in [2.45, 2.75) is 40.2 Å². The van der Waals surface area contributed by atoms with Gasteiger partial charge in [-0.15, -0.1) is 12.4 Å². The highest BCUT2D eigenvalue weighted by molar-refractivity contribution is 5.95. The van der Waals surface area contributed by atoms with Crippen molar-refractivity contribution in [1.29, 1.82) is 0 Å². The first-order valence-electron chi connectivity index (χ1n) is 7.64. The van der Waals surface area contributed by atoms with Crippen LogP contribution in [0, 0.1) is 19.8 Å². The first-order valence-corrected chi connectivity index (χ1v) is 7.64. The fraction of sp³-hybridized carbons (Fsp3) is 0.529. The number of nitrogens with zero attached hydrogens (tertiary/aromatic N) is 1. The second-order valence-electron chi connectivity index (χ2n) is 5.90. The molecule has 130 valence electrons. The summed E-state index contributed by atoms with van der Waals surface area (Å²) < 4.78 is 0. The number of aryl methyl sites for hydroxylation is 1. The molecular weight excluding hydrogens is 314 g/mol. The molecule has 0 aliphatic rings. The van der Waals surface area contributed by atoms with Crippen LogP contribution in [-0.2, 0) is 9.59 Å². The lowest BCUT2D eigenvalue weighted by Crippen LogP contribution is -2.47. The summed E-state index contributed by atoms with van der Waals surface area (Å²) in [7, 11) is 1.60. The van der Waals surface area contributed by atoms with Gasteiger partial charge in [-0.3, -0.25) is 9.59 Å². The summed E-state index contributed by atoms with van der Waals surface area (Å²) in [5, 5.41) is 2.85. The third-order valence-corrected chi connectivity index (χ3v) is 4.18. The summed E-state index contributed by atoms with van der Waals surface area (Å²) in [6.07, 6.45) is 0.829. The Morgan fingerprint density at radius 1 is 1.30 bits per heavy atom. The largest absolute Gasteiger partial charge is 0.335 e. The predicted octanol–water partition coefficient (Wildman–Crippen LogP) is 2.50. The van der Waals surface area contributed by atoms with E-state index in [2.05, 4.69) is 5.32 Å². The zero-order valence-corrected chi connectivity index (χ0v) is 15.4. The number of anilines is 1. The topological polar surface area (TPSA) is 75.4 Å². The van der Waals surface area contributed by atoms with E-state index in [1.807, 2.05) is 45.9 Å². The number of carbonyl (C=O) groups is 2. The second-order valence-corrected chi connectivity index (χ2v) is 5.90. The number of carbonyl (C=O) groups excluding carboxylic acids is 2. The van der Waals surface area contributed by atoms with Gasteiger partial charge in [-0.25, -0.2) is 0 Å². The molecule has 1 aromatic carbocycles. The van der Waals surface area contributed by atoms with Gasteiger partial charge in [0.15, 0.2) is 0 Å². The average Bonchev–Trinajstić information content (AvgIpc) is 2.49. The summed E-state index contributed by atoms with van der Waals surface area (Å²) in [6, 6.07) is 5.17. The van der Waals surface area contributed by atoms with Crippen molar-refractivity contribution in [2.75, 3.05) is 18.9 Å². The molecule has 0 aliphatic carbocycles. The van der Waals surface area contributed by atoms with E-state index in [1.165, 1.54) is 4.90 Å². The maximum absolute atomic E-state index is 12.2. The Hall–Kier alpha value is -1.59. The van der Waals surface area contributed by atoms with Gasteiger partial charge < -0.3 is 16.0 Å². The number of nitrogens with two attached hydrogens (primary N) is 1. The van der Waals surface area contributed by atoms with E-state index in [9.17, 15) is 9.59 Å². The van der Waals surface area contributed by atoms with E-state index in [1.54, 1.807) is 7.05 Å². The van der Waals surface area contributed by atoms with Gasteiger partial charge in [0, 0.05) is 12.7 Å². The Labute approximate surface area is 145 Å². The van der Waals surface area contributed by atoms with Gasteiger partial charge in [0.25, 0.3) is 0 Å². The van der Waals surface area contributed by atoms with Crippen molar-refractivity contribution in [3.8, 4) is 0 Å². The minimum absolute atomic E-state index is 0. The molecule has 1 aromatic rings. The predicted molar refractivity (Wildman–Crippen MR) is 96.9 cm³/mol. The summed E-state index contributed by atoms with van der Waals surface area (Å²) >= 11 is 0. The molecule has 1 rings (SSSR count). The number of likely N-dealkylation sites (N-methyl/N-ethyl adjacent to an activating group) is 1. The van der Waals surface area contributed by atoms with Crippen molar-refractivity contribution in [2.24, 2.45) is 11.7 Å². The highest BCUT2D eigenvalue weighted by atomic mass is 35.5. The van der Waals surface area contributed by atoms with Gasteiger partial charge in [-0.2, -0.15) is 0 Å². The van der Waals surface area contributed by atoms with Crippen LogP contribution in [0.3, 0.4) is 0 Å². The van der Waals surface area contributed by atoms with Gasteiger partial charge in [0.1, 0.15) is 0 Å². The average molecular weight is 342 g/mol. The van der Waals surface area contributed by atoms with Crippen molar-refractivity contribution < 1.29 is 9.59 Å². The smallest absolute Gasteiger partial charge is 0.243 e. The Kier molecular flexibility index (Phi) is 8.87. The van der Waals surface area contributed by atoms with Gasteiger partial charge in [0.2, 0.25) is 11.8 Å². The quantitative estimate of drug-likeness (QED) is 0.834. The van der Waals surface area contributed by atoms with Crippen LogP contribution in [0.1, 0.15) is 31.4 Å². The molecular formula is C17H28ClN3O2. The van der Waals surface area contributed by atoms with E-state index in [0.29, 0.717) is 0 Å². The fourth-order valence-corrected chi connectivity index (χ4v) is 2.12. The van der Waals surface area contributed by atoms with Crippen molar-refractivity contribution in [3.05, 3.63) is 29.3 Å². The van der Waals surface area contributed by atoms with Gasteiger partial charge in [0.05, 0.1) is 12.6 Å². The maximum atomic E-state index is 12.2. The van der Waals surface area contributed by atoms with Gasteiger partial charge in [-0.05, 0) is 37.0 Å². The molecule has 0 bridgehead atoms. The Balaban J connectivity index is 0.00000484. The molecule has 0 fully saturated rings. The molecule has 0 saturated carbocycles. The SMILES string of the molecule is CCC(C)C(N)C(=O)N(C)CC(=O)Nc1cccc(C)c1C.Cl. The Morgan fingerprint density at radius 2 is 1.91 bits per heavy atom. The molecule has 6 heteroatoms. The molecule has 0 heterocycles. The molecule has 0 saturated heterocycles. The summed E-state index contributed by atoms with van der Waals surface area (Å²) in [4.78, 5) is 25.7. The van der Waals surface area contributed by atoms with Crippen LogP contribution >= 0.6 is 12.4 Å². The van der Waals surface area contributed by atoms with E-state index in [-0.39, 0.29) is 36.7 Å². The molecule has 5 nitrogen and oxygen atoms in total. The lowest BCUT2D eigenvalue weighted by molar-refractivity contribution is -0.135. The molecule has 0 aliphatic heterocycles. The normalized spacial score (nSPS) is 12.8. The molecule has 0 spiro atoms. The Bertz CT molecular complexity index is 549. The van der Waals surface area contributed by atoms with Crippen LogP contribution < -0.4 is 11.1 Å². The molecule has 2 atom stereocenters. The molecule has 2 unspecified atom stereocenters. The summed E-state index contributed by atoms with van der Waals surface area (Å²) in [6.45, 7) is 7.87. The van der Waals surface area contributed by atoms with Crippen LogP contribution in [0.25, 0.3) is 0 Å². The number of amides is 2. The number of nitrogens with one attached hydrogen (secondary N) is 1. The molecule has 0 radical (unpaired) electrons. The Morgan fingerprint density at radius 3 is 2.48 bits per heavy atom. The van der Waals surface area contributed by atoms with Crippen LogP contribution in [0.15, 0.2) is 18.2 Å². The lowest BCUT2D eigenvalue weighted by Gasteiger charge is -2.24. The lowest BCUT2D eigenvalue weighted by atomic mass is 9.99. The number of rotatable bonds is 6. The van der Waals surface area contributed by atoms with Crippen LogP contribution in [-0.4, -0.2) is 36.3 Å². The highest BCUT2D eigenvalue weighted by Crippen LogP contribution is 2.17. The van der Waals surface area contributed by atoms with Gasteiger partial charge in [-0.1, -0.05) is 32.4 Å². The number of halogens is 1. The highest BCUT2D eigenvalue weighted by Gasteiger charge is 2.24. The minimum Gasteiger partial charge on any atom is -0.335 e. The molecule has 0 aromatic heterocycles. The van der Waals surface area contributed by atoms with E-state index in [0.717, 1.165) is 23.2 Å². The van der Waals surface area contributed by atoms with E-state index < -0.39 is 6.04 Å². The number of hydrogen-bond donors (Lipinski definition) is 2. The van der Waals surface area contributed by atoms with Crippen molar-refractivity contribution >= 4 is 29.9 Å². The first kappa shape index (κ1) is 21.4. The van der Waals surface area contributed by atoms with Crippen LogP contribution in [0.2, 0.25) is 0 Å². The molecule has 3 N–H and O–H groups in total. The monoisotopic (exact) mass is 341 g/mol. The fourth-order valence-electron chi connectivity index (χ4n) is 2.12. The number of hydrogen-bond acceptors (Lipinski definition) is 3. The van der Waals surface area contributed by atoms with Gasteiger partial charge >= 0.3 is 0 Å². The summed E-state index contributed by atoms with van der Waals surface area (Å²) in [5.74, 6) is -0.330. The summed E-state index contributed by atoms with van der Waals surface area (Å²) in [5.41, 5.74) is 8.84. The van der Waals surface area contributed by atoms with Crippen molar-refractivity contribution in [3.63, 3.8) is 0 Å².